The van der Waals surface area contributed by atoms with Gasteiger partial charge in [0.15, 0.2) is 0 Å². The van der Waals surface area contributed by atoms with Gasteiger partial charge in [0.1, 0.15) is 0 Å². The minimum Gasteiger partial charge on any atom is -0.466 e. The van der Waals surface area contributed by atoms with Crippen molar-refractivity contribution in [3.8, 4) is 0 Å². The zero-order chi connectivity index (χ0) is 18.4. The number of unbranched alkanes of at least 4 members (excludes halogenated alkanes) is 15. The third kappa shape index (κ3) is 21.9. The summed E-state index contributed by atoms with van der Waals surface area (Å²) in [6, 6.07) is 0. The number of carbonyl (C=O) groups is 1. The molecule has 0 rings (SSSR count). The standard InChI is InChI=1S/C22H43BrO2/c1-2-3-4-5-6-7-8-9-10-11-12-13-14-15-16-17-21-25-22(24)19-18-20-23/h2-21H2,1H3. The van der Waals surface area contributed by atoms with Gasteiger partial charge in [-0.25, -0.2) is 0 Å². The normalized spacial score (nSPS) is 11.0. The molecule has 0 heterocycles. The van der Waals surface area contributed by atoms with Crippen LogP contribution in [0.5, 0.6) is 0 Å². The van der Waals surface area contributed by atoms with Crippen molar-refractivity contribution in [1.29, 1.82) is 0 Å². The molecule has 0 atom stereocenters. The third-order valence-electron chi connectivity index (χ3n) is 4.78. The Morgan fingerprint density at radius 3 is 1.44 bits per heavy atom. The second kappa shape index (κ2) is 22.0. The minimum atomic E-state index is -0.0413. The maximum Gasteiger partial charge on any atom is 0.305 e. The highest BCUT2D eigenvalue weighted by molar-refractivity contribution is 9.09. The van der Waals surface area contributed by atoms with E-state index >= 15 is 0 Å². The molecular formula is C22H43BrO2. The molecule has 0 saturated carbocycles. The van der Waals surface area contributed by atoms with Gasteiger partial charge in [-0.05, 0) is 12.8 Å². The number of hydrogen-bond acceptors (Lipinski definition) is 2. The lowest BCUT2D eigenvalue weighted by Crippen LogP contribution is -2.05. The number of rotatable bonds is 20. The molecule has 0 amide bonds. The Morgan fingerprint density at radius 1 is 0.640 bits per heavy atom. The summed E-state index contributed by atoms with van der Waals surface area (Å²) in [6.45, 7) is 2.89. The van der Waals surface area contributed by atoms with Crippen LogP contribution in [-0.4, -0.2) is 17.9 Å². The summed E-state index contributed by atoms with van der Waals surface area (Å²) in [5, 5.41) is 0.876. The van der Waals surface area contributed by atoms with Crippen LogP contribution in [0.3, 0.4) is 0 Å². The summed E-state index contributed by atoms with van der Waals surface area (Å²) in [5.74, 6) is -0.0413. The molecule has 0 radical (unpaired) electrons. The smallest absolute Gasteiger partial charge is 0.305 e. The molecule has 0 unspecified atom stereocenters. The fourth-order valence-electron chi connectivity index (χ4n) is 3.12. The second-order valence-electron chi connectivity index (χ2n) is 7.32. The van der Waals surface area contributed by atoms with Gasteiger partial charge >= 0.3 is 5.97 Å². The molecule has 25 heavy (non-hydrogen) atoms. The Hall–Kier alpha value is -0.0500. The molecule has 0 aromatic heterocycles. The van der Waals surface area contributed by atoms with Crippen molar-refractivity contribution in [1.82, 2.24) is 0 Å². The van der Waals surface area contributed by atoms with Crippen LogP contribution >= 0.6 is 15.9 Å². The zero-order valence-electron chi connectivity index (χ0n) is 16.8. The van der Waals surface area contributed by atoms with Crippen LogP contribution in [0.4, 0.5) is 0 Å². The van der Waals surface area contributed by atoms with E-state index in [1.807, 2.05) is 0 Å². The van der Waals surface area contributed by atoms with Crippen LogP contribution in [0.15, 0.2) is 0 Å². The van der Waals surface area contributed by atoms with Crippen LogP contribution in [0, 0.1) is 0 Å². The van der Waals surface area contributed by atoms with Crippen molar-refractivity contribution in [2.24, 2.45) is 0 Å². The van der Waals surface area contributed by atoms with Crippen LogP contribution < -0.4 is 0 Å². The number of halogens is 1. The number of ether oxygens (including phenoxy) is 1. The molecule has 3 heteroatoms. The molecule has 0 bridgehead atoms. The fraction of sp³-hybridized carbons (Fsp3) is 0.955. The van der Waals surface area contributed by atoms with E-state index in [1.54, 1.807) is 0 Å². The molecule has 0 aliphatic carbocycles. The molecule has 0 saturated heterocycles. The molecule has 0 spiro atoms. The Kier molecular flexibility index (Phi) is 21.9. The van der Waals surface area contributed by atoms with Gasteiger partial charge < -0.3 is 4.74 Å². The summed E-state index contributed by atoms with van der Waals surface area (Å²) < 4.78 is 5.20. The van der Waals surface area contributed by atoms with Crippen LogP contribution in [0.1, 0.15) is 122 Å². The summed E-state index contributed by atoms with van der Waals surface area (Å²) in [4.78, 5) is 11.3. The first-order chi connectivity index (χ1) is 12.3. The largest absolute Gasteiger partial charge is 0.466 e. The van der Waals surface area contributed by atoms with Crippen molar-refractivity contribution in [2.45, 2.75) is 122 Å². The Labute approximate surface area is 166 Å². The van der Waals surface area contributed by atoms with Gasteiger partial charge in [0, 0.05) is 11.8 Å². The van der Waals surface area contributed by atoms with Gasteiger partial charge in [0.2, 0.25) is 0 Å². The first-order valence-electron chi connectivity index (χ1n) is 11.0. The SMILES string of the molecule is CCCCCCCCCCCCCCCCCCOC(=O)CCCBr. The Morgan fingerprint density at radius 2 is 1.04 bits per heavy atom. The molecule has 0 fully saturated rings. The van der Waals surface area contributed by atoms with Crippen molar-refractivity contribution >= 4 is 21.9 Å². The molecule has 0 aliphatic rings. The van der Waals surface area contributed by atoms with Crippen molar-refractivity contribution < 1.29 is 9.53 Å². The number of esters is 1. The molecule has 0 N–H and O–H groups in total. The van der Waals surface area contributed by atoms with Crippen molar-refractivity contribution in [3.05, 3.63) is 0 Å². The van der Waals surface area contributed by atoms with E-state index in [2.05, 4.69) is 22.9 Å². The van der Waals surface area contributed by atoms with E-state index in [4.69, 9.17) is 4.74 Å². The summed E-state index contributed by atoms with van der Waals surface area (Å²) in [6.07, 6.45) is 23.3. The summed E-state index contributed by atoms with van der Waals surface area (Å²) in [7, 11) is 0. The maximum absolute atomic E-state index is 11.3. The average Bonchev–Trinajstić information content (AvgIpc) is 2.62. The first-order valence-corrected chi connectivity index (χ1v) is 12.1. The quantitative estimate of drug-likeness (QED) is 0.114. The van der Waals surface area contributed by atoms with Gasteiger partial charge in [-0.3, -0.25) is 4.79 Å². The second-order valence-corrected chi connectivity index (χ2v) is 8.11. The predicted molar refractivity (Wildman–Crippen MR) is 114 cm³/mol. The van der Waals surface area contributed by atoms with Crippen LogP contribution in [0.25, 0.3) is 0 Å². The highest BCUT2D eigenvalue weighted by atomic mass is 79.9. The number of hydrogen-bond donors (Lipinski definition) is 0. The highest BCUT2D eigenvalue weighted by Gasteiger charge is 2.01. The average molecular weight is 419 g/mol. The lowest BCUT2D eigenvalue weighted by Gasteiger charge is -2.05. The minimum absolute atomic E-state index is 0.0413. The lowest BCUT2D eigenvalue weighted by atomic mass is 10.0. The summed E-state index contributed by atoms with van der Waals surface area (Å²) >= 11 is 3.32. The Bertz CT molecular complexity index is 269. The molecule has 0 aliphatic heterocycles. The zero-order valence-corrected chi connectivity index (χ0v) is 18.4. The topological polar surface area (TPSA) is 26.3 Å². The van der Waals surface area contributed by atoms with Gasteiger partial charge in [0.05, 0.1) is 6.61 Å². The van der Waals surface area contributed by atoms with Crippen LogP contribution in [0.2, 0.25) is 0 Å². The maximum atomic E-state index is 11.3. The van der Waals surface area contributed by atoms with E-state index in [9.17, 15) is 4.79 Å². The molecule has 0 aromatic rings. The third-order valence-corrected chi connectivity index (χ3v) is 5.34. The first kappa shape index (κ1) is 24.9. The van der Waals surface area contributed by atoms with Gasteiger partial charge in [-0.1, -0.05) is 119 Å². The Balaban J connectivity index is 3.04. The molecule has 150 valence electrons. The monoisotopic (exact) mass is 418 g/mol. The van der Waals surface area contributed by atoms with Crippen molar-refractivity contribution in [2.75, 3.05) is 11.9 Å². The fourth-order valence-corrected chi connectivity index (χ4v) is 3.40. The van der Waals surface area contributed by atoms with Gasteiger partial charge in [-0.2, -0.15) is 0 Å². The van der Waals surface area contributed by atoms with Crippen LogP contribution in [-0.2, 0) is 9.53 Å². The van der Waals surface area contributed by atoms with E-state index in [0.717, 1.165) is 18.2 Å². The number of carbonyl (C=O) groups excluding carboxylic acids is 1. The lowest BCUT2D eigenvalue weighted by molar-refractivity contribution is -0.143. The molecule has 0 aromatic carbocycles. The van der Waals surface area contributed by atoms with E-state index < -0.39 is 0 Å². The molecular weight excluding hydrogens is 376 g/mol. The highest BCUT2D eigenvalue weighted by Crippen LogP contribution is 2.13. The van der Waals surface area contributed by atoms with E-state index in [0.29, 0.717) is 13.0 Å². The number of alkyl halides is 1. The van der Waals surface area contributed by atoms with Gasteiger partial charge in [-0.15, -0.1) is 0 Å². The van der Waals surface area contributed by atoms with Gasteiger partial charge in [0.25, 0.3) is 0 Å². The molecule has 2 nitrogen and oxygen atoms in total. The summed E-state index contributed by atoms with van der Waals surface area (Å²) in [5.41, 5.74) is 0. The predicted octanol–water partition coefficient (Wildman–Crippen LogP) is 7.97. The van der Waals surface area contributed by atoms with E-state index in [-0.39, 0.29) is 5.97 Å². The van der Waals surface area contributed by atoms with E-state index in [1.165, 1.54) is 96.3 Å². The van der Waals surface area contributed by atoms with Crippen molar-refractivity contribution in [3.63, 3.8) is 0 Å².